The van der Waals surface area contributed by atoms with E-state index < -0.39 is 0 Å². The van der Waals surface area contributed by atoms with Gasteiger partial charge in [-0.05, 0) is 144 Å². The number of hydrogen-bond donors (Lipinski definition) is 0. The molecule has 9 rings (SSSR count). The highest BCUT2D eigenvalue weighted by Crippen LogP contribution is 2.41. The van der Waals surface area contributed by atoms with Crippen molar-refractivity contribution in [1.29, 1.82) is 0 Å². The van der Waals surface area contributed by atoms with Gasteiger partial charge in [0.05, 0.1) is 0 Å². The Morgan fingerprint density at radius 2 is 0.725 bits per heavy atom. The highest BCUT2D eigenvalue weighted by molar-refractivity contribution is 7.25. The van der Waals surface area contributed by atoms with E-state index in [1.165, 1.54) is 103 Å². The molecule has 0 spiro atoms. The van der Waals surface area contributed by atoms with Gasteiger partial charge < -0.3 is 0 Å². The topological polar surface area (TPSA) is 0 Å². The maximum Gasteiger partial charge on any atom is 0.0355 e. The quantitative estimate of drug-likeness (QED) is 0.163. The van der Waals surface area contributed by atoms with Gasteiger partial charge in [0.2, 0.25) is 0 Å². The van der Waals surface area contributed by atoms with Crippen LogP contribution in [-0.4, -0.2) is 0 Å². The molecule has 0 amide bonds. The van der Waals surface area contributed by atoms with Gasteiger partial charge in [0.15, 0.2) is 0 Å². The Labute approximate surface area is 304 Å². The third-order valence-electron chi connectivity index (χ3n) is 10.8. The Kier molecular flexibility index (Phi) is 7.45. The number of fused-ring (bicyclic) bond motifs is 5. The lowest BCUT2D eigenvalue weighted by molar-refractivity contribution is 0.590. The van der Waals surface area contributed by atoms with Gasteiger partial charge in [-0.25, -0.2) is 0 Å². The predicted molar refractivity (Wildman–Crippen MR) is 224 cm³/mol. The zero-order valence-electron chi connectivity index (χ0n) is 29.8. The van der Waals surface area contributed by atoms with E-state index in [9.17, 15) is 0 Å². The average Bonchev–Trinajstić information content (AvgIpc) is 3.54. The van der Waals surface area contributed by atoms with Crippen LogP contribution >= 0.6 is 11.3 Å². The van der Waals surface area contributed by atoms with E-state index in [0.29, 0.717) is 0 Å². The summed E-state index contributed by atoms with van der Waals surface area (Å²) in [7, 11) is 0. The Bertz CT molecular complexity index is 2770. The van der Waals surface area contributed by atoms with Crippen LogP contribution in [0.5, 0.6) is 0 Å². The number of aryl methyl sites for hydroxylation is 2. The molecule has 0 aliphatic carbocycles. The van der Waals surface area contributed by atoms with E-state index in [2.05, 4.69) is 186 Å². The Hall–Kier alpha value is -5.50. The summed E-state index contributed by atoms with van der Waals surface area (Å²) in [5.74, 6) is 0. The lowest BCUT2D eigenvalue weighted by Crippen LogP contribution is -2.10. The Morgan fingerprint density at radius 1 is 0.333 bits per heavy atom. The highest BCUT2D eigenvalue weighted by Gasteiger charge is 2.15. The molecule has 0 saturated carbocycles. The van der Waals surface area contributed by atoms with Gasteiger partial charge in [0.1, 0.15) is 0 Å². The summed E-state index contributed by atoms with van der Waals surface area (Å²) in [5.41, 5.74) is 14.2. The third-order valence-corrected chi connectivity index (χ3v) is 12.0. The summed E-state index contributed by atoms with van der Waals surface area (Å²) in [6.45, 7) is 11.4. The van der Waals surface area contributed by atoms with E-state index >= 15 is 0 Å². The second-order valence-electron chi connectivity index (χ2n) is 15.1. The first-order chi connectivity index (χ1) is 24.7. The van der Waals surface area contributed by atoms with Gasteiger partial charge in [0, 0.05) is 20.2 Å². The molecular formula is C50H40S. The van der Waals surface area contributed by atoms with Crippen molar-refractivity contribution < 1.29 is 0 Å². The molecule has 246 valence electrons. The first-order valence-corrected chi connectivity index (χ1v) is 18.7. The maximum absolute atomic E-state index is 2.41. The second kappa shape index (κ2) is 12.1. The largest absolute Gasteiger partial charge is 0.135 e. The number of rotatable bonds is 4. The SMILES string of the molecule is Cc1c2ccc(-c3ccc4sc5ccc(-c6ccc(C(C)(C)C)cc6)cc5c4c3)cc2c(C)c2ccc(-c3cccc(-c4ccccc4)c3)cc12. The van der Waals surface area contributed by atoms with Crippen molar-refractivity contribution in [3.63, 3.8) is 0 Å². The van der Waals surface area contributed by atoms with Crippen molar-refractivity contribution in [3.8, 4) is 44.5 Å². The molecule has 0 saturated heterocycles. The van der Waals surface area contributed by atoms with Gasteiger partial charge in [-0.2, -0.15) is 0 Å². The highest BCUT2D eigenvalue weighted by atomic mass is 32.1. The fourth-order valence-corrected chi connectivity index (χ4v) is 8.89. The van der Waals surface area contributed by atoms with Gasteiger partial charge >= 0.3 is 0 Å². The molecule has 0 aliphatic rings. The molecule has 0 aliphatic heterocycles. The standard InChI is InChI=1S/C50H40S/c1-31-43-23-17-39(28-45(43)32(2)42-22-16-38(27-44(31)42)36-13-9-12-35(26-36)33-10-7-6-8-11-33)40-19-25-49-47(30-40)46-29-37(18-24-48(46)51-49)34-14-20-41(21-15-34)50(3,4)5/h6-30H,1-5H3. The van der Waals surface area contributed by atoms with Crippen LogP contribution in [0.1, 0.15) is 37.5 Å². The molecule has 0 fully saturated rings. The van der Waals surface area contributed by atoms with Crippen LogP contribution in [-0.2, 0) is 5.41 Å². The molecule has 0 bridgehead atoms. The first kappa shape index (κ1) is 31.5. The van der Waals surface area contributed by atoms with Crippen LogP contribution in [0.3, 0.4) is 0 Å². The molecule has 51 heavy (non-hydrogen) atoms. The molecule has 0 nitrogen and oxygen atoms in total. The van der Waals surface area contributed by atoms with Gasteiger partial charge in [-0.15, -0.1) is 11.3 Å². The second-order valence-corrected chi connectivity index (χ2v) is 16.2. The van der Waals surface area contributed by atoms with Crippen molar-refractivity contribution in [2.45, 2.75) is 40.0 Å². The summed E-state index contributed by atoms with van der Waals surface area (Å²) >= 11 is 1.88. The molecular weight excluding hydrogens is 633 g/mol. The van der Waals surface area contributed by atoms with Crippen LogP contribution in [0.2, 0.25) is 0 Å². The minimum absolute atomic E-state index is 0.148. The molecule has 1 aromatic heterocycles. The van der Waals surface area contributed by atoms with Crippen molar-refractivity contribution in [1.82, 2.24) is 0 Å². The monoisotopic (exact) mass is 672 g/mol. The van der Waals surface area contributed by atoms with Crippen LogP contribution in [0, 0.1) is 13.8 Å². The predicted octanol–water partition coefficient (Wildman–Crippen LogP) is 14.9. The molecule has 0 atom stereocenters. The van der Waals surface area contributed by atoms with E-state index in [-0.39, 0.29) is 5.41 Å². The molecule has 0 radical (unpaired) electrons. The maximum atomic E-state index is 2.41. The van der Waals surface area contributed by atoms with E-state index in [1.54, 1.807) is 0 Å². The normalized spacial score (nSPS) is 12.0. The summed E-state index contributed by atoms with van der Waals surface area (Å²) in [4.78, 5) is 0. The average molecular weight is 673 g/mol. The van der Waals surface area contributed by atoms with Gasteiger partial charge in [-0.1, -0.05) is 130 Å². The summed E-state index contributed by atoms with van der Waals surface area (Å²) in [5, 5.41) is 7.96. The zero-order chi connectivity index (χ0) is 34.9. The number of hydrogen-bond acceptors (Lipinski definition) is 1. The van der Waals surface area contributed by atoms with Crippen LogP contribution in [0.15, 0.2) is 152 Å². The lowest BCUT2D eigenvalue weighted by atomic mass is 9.86. The van der Waals surface area contributed by atoms with Gasteiger partial charge in [0.25, 0.3) is 0 Å². The molecule has 0 unspecified atom stereocenters. The number of thiophene rings is 1. The number of benzene rings is 8. The van der Waals surface area contributed by atoms with E-state index in [0.717, 1.165) is 0 Å². The summed E-state index contributed by atoms with van der Waals surface area (Å²) < 4.78 is 2.66. The fourth-order valence-electron chi connectivity index (χ4n) is 7.82. The van der Waals surface area contributed by atoms with Crippen molar-refractivity contribution in [2.24, 2.45) is 0 Å². The van der Waals surface area contributed by atoms with Crippen molar-refractivity contribution in [3.05, 3.63) is 168 Å². The summed E-state index contributed by atoms with van der Waals surface area (Å²) in [6.07, 6.45) is 0. The molecule has 0 N–H and O–H groups in total. The fraction of sp³-hybridized carbons (Fsp3) is 0.120. The Morgan fingerprint density at radius 3 is 1.25 bits per heavy atom. The van der Waals surface area contributed by atoms with Crippen molar-refractivity contribution >= 4 is 53.1 Å². The van der Waals surface area contributed by atoms with Crippen LogP contribution in [0.25, 0.3) is 86.2 Å². The molecule has 8 aromatic carbocycles. The Balaban J connectivity index is 1.10. The molecule has 1 heteroatoms. The third kappa shape index (κ3) is 5.54. The van der Waals surface area contributed by atoms with Crippen molar-refractivity contribution in [2.75, 3.05) is 0 Å². The van der Waals surface area contributed by atoms with Crippen LogP contribution in [0.4, 0.5) is 0 Å². The van der Waals surface area contributed by atoms with E-state index in [4.69, 9.17) is 0 Å². The van der Waals surface area contributed by atoms with Crippen LogP contribution < -0.4 is 0 Å². The smallest absolute Gasteiger partial charge is 0.0355 e. The minimum atomic E-state index is 0.148. The zero-order valence-corrected chi connectivity index (χ0v) is 30.7. The van der Waals surface area contributed by atoms with E-state index in [1.807, 2.05) is 11.3 Å². The molecule has 9 aromatic rings. The minimum Gasteiger partial charge on any atom is -0.135 e. The first-order valence-electron chi connectivity index (χ1n) is 17.9. The van der Waals surface area contributed by atoms with Gasteiger partial charge in [-0.3, -0.25) is 0 Å². The molecule has 1 heterocycles. The lowest BCUT2D eigenvalue weighted by Gasteiger charge is -2.19. The summed E-state index contributed by atoms with van der Waals surface area (Å²) in [6, 6.07) is 56.7.